The van der Waals surface area contributed by atoms with Crippen LogP contribution < -0.4 is 5.73 Å². The van der Waals surface area contributed by atoms with Crippen molar-refractivity contribution in [2.24, 2.45) is 7.05 Å². The minimum absolute atomic E-state index is 0.239. The zero-order chi connectivity index (χ0) is 15.0. The van der Waals surface area contributed by atoms with Crippen LogP contribution in [-0.2, 0) is 12.8 Å². The lowest BCUT2D eigenvalue weighted by atomic mass is 10.2. The van der Waals surface area contributed by atoms with E-state index in [1.807, 2.05) is 28.4 Å². The van der Waals surface area contributed by atoms with Crippen molar-refractivity contribution in [1.29, 1.82) is 0 Å². The van der Waals surface area contributed by atoms with Gasteiger partial charge >= 0.3 is 0 Å². The summed E-state index contributed by atoms with van der Waals surface area (Å²) in [7, 11) is 1.96. The van der Waals surface area contributed by atoms with Crippen LogP contribution in [0.2, 0.25) is 0 Å². The van der Waals surface area contributed by atoms with Gasteiger partial charge in [0.1, 0.15) is 0 Å². The van der Waals surface area contributed by atoms with Crippen LogP contribution in [0.3, 0.4) is 0 Å². The Morgan fingerprint density at radius 1 is 1.24 bits per heavy atom. The van der Waals surface area contributed by atoms with E-state index in [1.165, 1.54) is 5.39 Å². The SMILES string of the molecule is CC(C)n1c(N)nnc1SCc1nn(C)c2ccccc12. The highest BCUT2D eigenvalue weighted by atomic mass is 32.2. The zero-order valence-electron chi connectivity index (χ0n) is 12.3. The van der Waals surface area contributed by atoms with Gasteiger partial charge in [-0.3, -0.25) is 9.25 Å². The van der Waals surface area contributed by atoms with Crippen molar-refractivity contribution in [3.63, 3.8) is 0 Å². The number of rotatable bonds is 4. The summed E-state index contributed by atoms with van der Waals surface area (Å²) in [4.78, 5) is 0. The molecule has 2 N–H and O–H groups in total. The molecule has 0 saturated carbocycles. The first-order valence-electron chi connectivity index (χ1n) is 6.81. The van der Waals surface area contributed by atoms with Crippen LogP contribution in [0.4, 0.5) is 5.95 Å². The third-order valence-corrected chi connectivity index (χ3v) is 4.33. The molecule has 21 heavy (non-hydrogen) atoms. The van der Waals surface area contributed by atoms with Crippen LogP contribution in [0.1, 0.15) is 25.6 Å². The lowest BCUT2D eigenvalue weighted by molar-refractivity contribution is 0.557. The number of thioether (sulfide) groups is 1. The first-order chi connectivity index (χ1) is 10.1. The number of benzene rings is 1. The summed E-state index contributed by atoms with van der Waals surface area (Å²) >= 11 is 1.61. The first-order valence-corrected chi connectivity index (χ1v) is 7.80. The Hall–Kier alpha value is -2.02. The Morgan fingerprint density at radius 3 is 2.76 bits per heavy atom. The third kappa shape index (κ3) is 2.49. The molecule has 0 aliphatic rings. The number of fused-ring (bicyclic) bond motifs is 1. The van der Waals surface area contributed by atoms with Gasteiger partial charge in [-0.15, -0.1) is 10.2 Å². The number of nitrogen functional groups attached to an aromatic ring is 1. The Kier molecular flexibility index (Phi) is 3.59. The van der Waals surface area contributed by atoms with Crippen molar-refractivity contribution < 1.29 is 0 Å². The number of para-hydroxylation sites is 1. The summed E-state index contributed by atoms with van der Waals surface area (Å²) in [6.45, 7) is 4.14. The second-order valence-corrected chi connectivity index (χ2v) is 6.12. The van der Waals surface area contributed by atoms with E-state index in [-0.39, 0.29) is 6.04 Å². The van der Waals surface area contributed by atoms with Crippen molar-refractivity contribution in [1.82, 2.24) is 24.5 Å². The smallest absolute Gasteiger partial charge is 0.222 e. The number of nitrogens with zero attached hydrogens (tertiary/aromatic N) is 5. The van der Waals surface area contributed by atoms with E-state index < -0.39 is 0 Å². The van der Waals surface area contributed by atoms with E-state index in [0.717, 1.165) is 22.1 Å². The summed E-state index contributed by atoms with van der Waals surface area (Å²) in [6.07, 6.45) is 0. The van der Waals surface area contributed by atoms with E-state index in [0.29, 0.717) is 5.95 Å². The highest BCUT2D eigenvalue weighted by Crippen LogP contribution is 2.28. The molecule has 0 bridgehead atoms. The van der Waals surface area contributed by atoms with Gasteiger partial charge in [0.2, 0.25) is 5.95 Å². The second kappa shape index (κ2) is 5.40. The Morgan fingerprint density at radius 2 is 2.00 bits per heavy atom. The van der Waals surface area contributed by atoms with E-state index in [2.05, 4.69) is 41.3 Å². The molecule has 0 unspecified atom stereocenters. The minimum Gasteiger partial charge on any atom is -0.368 e. The molecule has 0 aliphatic carbocycles. The number of hydrogen-bond donors (Lipinski definition) is 1. The normalized spacial score (nSPS) is 11.6. The van der Waals surface area contributed by atoms with Crippen LogP contribution in [0.5, 0.6) is 0 Å². The standard InChI is InChI=1S/C14H18N6S/c1-9(2)20-13(15)16-17-14(20)21-8-11-10-6-4-5-7-12(10)19(3)18-11/h4-7,9H,8H2,1-3H3,(H2,15,16). The van der Waals surface area contributed by atoms with Gasteiger partial charge < -0.3 is 5.73 Å². The maximum Gasteiger partial charge on any atom is 0.222 e. The number of hydrogen-bond acceptors (Lipinski definition) is 5. The third-order valence-electron chi connectivity index (χ3n) is 3.38. The van der Waals surface area contributed by atoms with Gasteiger partial charge in [0.15, 0.2) is 5.16 Å². The van der Waals surface area contributed by atoms with Gasteiger partial charge in [-0.1, -0.05) is 30.0 Å². The summed E-state index contributed by atoms with van der Waals surface area (Å²) in [5.74, 6) is 1.20. The molecule has 7 heteroatoms. The molecular weight excluding hydrogens is 284 g/mol. The van der Waals surface area contributed by atoms with E-state index in [4.69, 9.17) is 5.73 Å². The highest BCUT2D eigenvalue weighted by molar-refractivity contribution is 7.98. The van der Waals surface area contributed by atoms with Crippen LogP contribution in [-0.4, -0.2) is 24.5 Å². The molecule has 0 aliphatic heterocycles. The minimum atomic E-state index is 0.239. The van der Waals surface area contributed by atoms with Crippen molar-refractivity contribution in [2.45, 2.75) is 30.8 Å². The summed E-state index contributed by atoms with van der Waals surface area (Å²) in [5.41, 5.74) is 8.05. The molecule has 2 heterocycles. The predicted octanol–water partition coefficient (Wildman–Crippen LogP) is 2.62. The Labute approximate surface area is 127 Å². The highest BCUT2D eigenvalue weighted by Gasteiger charge is 2.15. The molecule has 0 fully saturated rings. The molecule has 3 rings (SSSR count). The van der Waals surface area contributed by atoms with Gasteiger partial charge in [0.05, 0.1) is 11.2 Å². The second-order valence-electron chi connectivity index (χ2n) is 5.18. The van der Waals surface area contributed by atoms with Gasteiger partial charge in [-0.2, -0.15) is 5.10 Å². The largest absolute Gasteiger partial charge is 0.368 e. The molecule has 0 atom stereocenters. The van der Waals surface area contributed by atoms with Crippen molar-refractivity contribution in [3.8, 4) is 0 Å². The monoisotopic (exact) mass is 302 g/mol. The molecule has 0 spiro atoms. The lowest BCUT2D eigenvalue weighted by Gasteiger charge is -2.10. The first kappa shape index (κ1) is 13.9. The molecule has 2 aromatic heterocycles. The van der Waals surface area contributed by atoms with Crippen molar-refractivity contribution in [2.75, 3.05) is 5.73 Å². The molecule has 110 valence electrons. The fraction of sp³-hybridized carbons (Fsp3) is 0.357. The molecule has 3 aromatic rings. The molecule has 6 nitrogen and oxygen atoms in total. The molecule has 1 aromatic carbocycles. The summed E-state index contributed by atoms with van der Waals surface area (Å²) < 4.78 is 3.85. The predicted molar refractivity (Wildman–Crippen MR) is 85.1 cm³/mol. The fourth-order valence-electron chi connectivity index (χ4n) is 2.40. The van der Waals surface area contributed by atoms with Gasteiger partial charge in [0, 0.05) is 24.2 Å². The lowest BCUT2D eigenvalue weighted by Crippen LogP contribution is -2.07. The number of aromatic nitrogens is 5. The summed E-state index contributed by atoms with van der Waals surface area (Å²) in [5, 5.41) is 14.7. The summed E-state index contributed by atoms with van der Waals surface area (Å²) in [6, 6.07) is 8.47. The molecule has 0 saturated heterocycles. The van der Waals surface area contributed by atoms with E-state index >= 15 is 0 Å². The molecule has 0 amide bonds. The zero-order valence-corrected chi connectivity index (χ0v) is 13.1. The Balaban J connectivity index is 1.87. The van der Waals surface area contributed by atoms with Gasteiger partial charge in [-0.05, 0) is 19.9 Å². The van der Waals surface area contributed by atoms with Crippen molar-refractivity contribution >= 4 is 28.6 Å². The van der Waals surface area contributed by atoms with E-state index in [1.54, 1.807) is 11.8 Å². The number of aryl methyl sites for hydroxylation is 1. The topological polar surface area (TPSA) is 74.6 Å². The van der Waals surface area contributed by atoms with Crippen molar-refractivity contribution in [3.05, 3.63) is 30.0 Å². The number of anilines is 1. The number of nitrogens with two attached hydrogens (primary N) is 1. The quantitative estimate of drug-likeness (QED) is 0.750. The van der Waals surface area contributed by atoms with Crippen LogP contribution in [0, 0.1) is 0 Å². The van der Waals surface area contributed by atoms with Gasteiger partial charge in [0.25, 0.3) is 0 Å². The Bertz CT molecular complexity index is 773. The van der Waals surface area contributed by atoms with Crippen LogP contribution in [0.15, 0.2) is 29.4 Å². The average molecular weight is 302 g/mol. The van der Waals surface area contributed by atoms with Gasteiger partial charge in [-0.25, -0.2) is 0 Å². The molecular formula is C14H18N6S. The average Bonchev–Trinajstić information content (AvgIpc) is 2.98. The fourth-order valence-corrected chi connectivity index (χ4v) is 3.42. The maximum absolute atomic E-state index is 5.86. The van der Waals surface area contributed by atoms with Crippen LogP contribution >= 0.6 is 11.8 Å². The van der Waals surface area contributed by atoms with Crippen LogP contribution in [0.25, 0.3) is 10.9 Å². The van der Waals surface area contributed by atoms with E-state index in [9.17, 15) is 0 Å². The maximum atomic E-state index is 5.86. The molecule has 0 radical (unpaired) electrons.